The lowest BCUT2D eigenvalue weighted by atomic mass is 10.2. The number of benzene rings is 1. The third-order valence-electron chi connectivity index (χ3n) is 3.67. The molecule has 0 unspecified atom stereocenters. The van der Waals surface area contributed by atoms with Crippen LogP contribution in [0.3, 0.4) is 0 Å². The maximum absolute atomic E-state index is 5.92. The molecular weight excluding hydrogens is 300 g/mol. The molecule has 0 radical (unpaired) electrons. The molecule has 3 aromatic heterocycles. The van der Waals surface area contributed by atoms with E-state index in [1.807, 2.05) is 28.9 Å². The highest BCUT2D eigenvalue weighted by Crippen LogP contribution is 2.39. The number of hydrogen-bond acceptors (Lipinski definition) is 7. The van der Waals surface area contributed by atoms with E-state index in [0.717, 1.165) is 39.5 Å². The molecule has 7 nitrogen and oxygen atoms in total. The number of furan rings is 1. The molecule has 3 heterocycles. The van der Waals surface area contributed by atoms with E-state index in [0.29, 0.717) is 11.6 Å². The lowest BCUT2D eigenvalue weighted by Gasteiger charge is -2.01. The molecule has 0 saturated heterocycles. The molecule has 0 atom stereocenters. The van der Waals surface area contributed by atoms with Gasteiger partial charge in [0.25, 0.3) is 0 Å². The van der Waals surface area contributed by atoms with E-state index < -0.39 is 0 Å². The number of tetrazole rings is 1. The van der Waals surface area contributed by atoms with Gasteiger partial charge in [-0.3, -0.25) is 0 Å². The first-order valence-electron chi connectivity index (χ1n) is 6.98. The molecule has 1 aliphatic carbocycles. The number of hydrogen-bond donors (Lipinski definition) is 0. The second-order valence-electron chi connectivity index (χ2n) is 5.19. The summed E-state index contributed by atoms with van der Waals surface area (Å²) >= 11 is 1.42. The van der Waals surface area contributed by atoms with Gasteiger partial charge in [0, 0.05) is 5.39 Å². The van der Waals surface area contributed by atoms with Crippen molar-refractivity contribution in [1.82, 2.24) is 30.2 Å². The third kappa shape index (κ3) is 1.80. The Kier molecular flexibility index (Phi) is 2.48. The molecule has 8 heteroatoms. The Bertz CT molecular complexity index is 989. The minimum absolute atomic E-state index is 0.422. The van der Waals surface area contributed by atoms with E-state index in [2.05, 4.69) is 25.5 Å². The standard InChI is InChI=1S/C14H10N6OS/c1-2-4-10-9(3-1)11-12(21-10)13(16-7-15-11)22-14-17-18-19-20(14)8-5-6-8/h1-4,7-8H,5-6H2. The van der Waals surface area contributed by atoms with E-state index in [9.17, 15) is 0 Å². The molecule has 1 aromatic carbocycles. The number of nitrogens with zero attached hydrogens (tertiary/aromatic N) is 6. The van der Waals surface area contributed by atoms with Crippen LogP contribution in [0, 0.1) is 0 Å². The number of aromatic nitrogens is 6. The fourth-order valence-corrected chi connectivity index (χ4v) is 3.32. The summed E-state index contributed by atoms with van der Waals surface area (Å²) < 4.78 is 7.79. The average Bonchev–Trinajstić information content (AvgIpc) is 3.16. The van der Waals surface area contributed by atoms with Gasteiger partial charge in [-0.25, -0.2) is 14.6 Å². The maximum Gasteiger partial charge on any atom is 0.216 e. The molecule has 0 bridgehead atoms. The molecule has 108 valence electrons. The monoisotopic (exact) mass is 310 g/mol. The maximum atomic E-state index is 5.92. The van der Waals surface area contributed by atoms with Gasteiger partial charge in [-0.2, -0.15) is 0 Å². The van der Waals surface area contributed by atoms with E-state index in [1.54, 1.807) is 6.33 Å². The van der Waals surface area contributed by atoms with E-state index in [1.165, 1.54) is 11.8 Å². The molecular formula is C14H10N6OS. The smallest absolute Gasteiger partial charge is 0.216 e. The number of fused-ring (bicyclic) bond motifs is 3. The second-order valence-corrected chi connectivity index (χ2v) is 6.15. The molecule has 22 heavy (non-hydrogen) atoms. The van der Waals surface area contributed by atoms with Crippen LogP contribution in [0.1, 0.15) is 18.9 Å². The Hall–Kier alpha value is -2.48. The molecule has 0 amide bonds. The summed E-state index contributed by atoms with van der Waals surface area (Å²) in [6.45, 7) is 0. The first-order chi connectivity index (χ1) is 10.9. The van der Waals surface area contributed by atoms with Gasteiger partial charge in [0.2, 0.25) is 5.16 Å². The van der Waals surface area contributed by atoms with Gasteiger partial charge in [-0.1, -0.05) is 12.1 Å². The summed E-state index contributed by atoms with van der Waals surface area (Å²) in [4.78, 5) is 8.70. The topological polar surface area (TPSA) is 82.5 Å². The Morgan fingerprint density at radius 3 is 3.00 bits per heavy atom. The van der Waals surface area contributed by atoms with Gasteiger partial charge in [-0.05, 0) is 47.2 Å². The third-order valence-corrected chi connectivity index (χ3v) is 4.60. The van der Waals surface area contributed by atoms with Crippen LogP contribution in [0.15, 0.2) is 45.2 Å². The number of rotatable bonds is 3. The lowest BCUT2D eigenvalue weighted by Crippen LogP contribution is -1.98. The van der Waals surface area contributed by atoms with E-state index in [-0.39, 0.29) is 0 Å². The zero-order valence-corrected chi connectivity index (χ0v) is 12.2. The summed E-state index contributed by atoms with van der Waals surface area (Å²) in [7, 11) is 0. The Balaban J connectivity index is 1.66. The van der Waals surface area contributed by atoms with Gasteiger partial charge in [0.1, 0.15) is 17.4 Å². The fraction of sp³-hybridized carbons (Fsp3) is 0.214. The summed E-state index contributed by atoms with van der Waals surface area (Å²) in [6, 6.07) is 8.26. The quantitative estimate of drug-likeness (QED) is 0.538. The van der Waals surface area contributed by atoms with E-state index >= 15 is 0 Å². The largest absolute Gasteiger partial charge is 0.451 e. The van der Waals surface area contributed by atoms with Crippen LogP contribution >= 0.6 is 11.8 Å². The normalized spacial score (nSPS) is 14.9. The fourth-order valence-electron chi connectivity index (χ4n) is 2.46. The summed E-state index contributed by atoms with van der Waals surface area (Å²) in [5.74, 6) is 0. The van der Waals surface area contributed by atoms with Gasteiger partial charge in [-0.15, -0.1) is 5.10 Å². The highest BCUT2D eigenvalue weighted by atomic mass is 32.2. The van der Waals surface area contributed by atoms with Crippen molar-refractivity contribution >= 4 is 33.8 Å². The zero-order chi connectivity index (χ0) is 14.5. The Morgan fingerprint density at radius 1 is 1.18 bits per heavy atom. The van der Waals surface area contributed by atoms with Gasteiger partial charge >= 0.3 is 0 Å². The molecule has 0 N–H and O–H groups in total. The van der Waals surface area contributed by atoms with Gasteiger partial charge < -0.3 is 4.42 Å². The molecule has 4 aromatic rings. The molecule has 1 aliphatic rings. The minimum Gasteiger partial charge on any atom is -0.451 e. The molecule has 5 rings (SSSR count). The lowest BCUT2D eigenvalue weighted by molar-refractivity contribution is 0.565. The van der Waals surface area contributed by atoms with Crippen molar-refractivity contribution in [2.24, 2.45) is 0 Å². The van der Waals surface area contributed by atoms with E-state index in [4.69, 9.17) is 4.42 Å². The zero-order valence-electron chi connectivity index (χ0n) is 11.4. The SMILES string of the molecule is c1ccc2c(c1)oc1c(Sc3nnnn3C3CC3)ncnc12. The Morgan fingerprint density at radius 2 is 2.09 bits per heavy atom. The van der Waals surface area contributed by atoms with Crippen molar-refractivity contribution in [2.45, 2.75) is 29.1 Å². The number of para-hydroxylation sites is 1. The summed E-state index contributed by atoms with van der Waals surface area (Å²) in [5.41, 5.74) is 2.30. The highest BCUT2D eigenvalue weighted by molar-refractivity contribution is 7.99. The van der Waals surface area contributed by atoms with Crippen LogP contribution in [0.5, 0.6) is 0 Å². The predicted molar refractivity (Wildman–Crippen MR) is 79.5 cm³/mol. The van der Waals surface area contributed by atoms with Gasteiger partial charge in [0.05, 0.1) is 6.04 Å². The van der Waals surface area contributed by atoms with Crippen molar-refractivity contribution in [2.75, 3.05) is 0 Å². The second kappa shape index (κ2) is 4.51. The van der Waals surface area contributed by atoms with Crippen LogP contribution in [0.2, 0.25) is 0 Å². The van der Waals surface area contributed by atoms with Crippen LogP contribution in [0.25, 0.3) is 22.1 Å². The highest BCUT2D eigenvalue weighted by Gasteiger charge is 2.28. The van der Waals surface area contributed by atoms with Crippen molar-refractivity contribution < 1.29 is 4.42 Å². The van der Waals surface area contributed by atoms with Crippen molar-refractivity contribution in [3.63, 3.8) is 0 Å². The molecule has 0 spiro atoms. The first-order valence-corrected chi connectivity index (χ1v) is 7.80. The van der Waals surface area contributed by atoms with Crippen LogP contribution < -0.4 is 0 Å². The molecule has 1 saturated carbocycles. The molecule has 1 fully saturated rings. The average molecular weight is 310 g/mol. The van der Waals surface area contributed by atoms with Crippen molar-refractivity contribution in [3.8, 4) is 0 Å². The summed E-state index contributed by atoms with van der Waals surface area (Å²) in [6.07, 6.45) is 3.81. The van der Waals surface area contributed by atoms with Crippen LogP contribution in [-0.2, 0) is 0 Å². The Labute approximate surface area is 128 Å². The van der Waals surface area contributed by atoms with Crippen LogP contribution in [0.4, 0.5) is 0 Å². The minimum atomic E-state index is 0.422. The van der Waals surface area contributed by atoms with Crippen molar-refractivity contribution in [1.29, 1.82) is 0 Å². The summed E-state index contributed by atoms with van der Waals surface area (Å²) in [5, 5.41) is 14.4. The molecule has 0 aliphatic heterocycles. The van der Waals surface area contributed by atoms with Crippen molar-refractivity contribution in [3.05, 3.63) is 30.6 Å². The van der Waals surface area contributed by atoms with Crippen LogP contribution in [-0.4, -0.2) is 30.2 Å². The first kappa shape index (κ1) is 12.1. The predicted octanol–water partition coefficient (Wildman–Crippen LogP) is 2.85. The van der Waals surface area contributed by atoms with Gasteiger partial charge in [0.15, 0.2) is 10.6 Å².